The third-order valence-electron chi connectivity index (χ3n) is 10.2. The molecule has 4 aliphatic carbocycles. The van der Waals surface area contributed by atoms with Gasteiger partial charge >= 0.3 is 11.9 Å². The Balaban J connectivity index is 0.000000367. The third-order valence-corrected chi connectivity index (χ3v) is 10.2. The molecule has 0 spiro atoms. The third kappa shape index (κ3) is 5.80. The predicted molar refractivity (Wildman–Crippen MR) is 149 cm³/mol. The summed E-state index contributed by atoms with van der Waals surface area (Å²) in [4.78, 5) is 55.6. The molecule has 0 aliphatic heterocycles. The van der Waals surface area contributed by atoms with Crippen molar-refractivity contribution in [1.29, 1.82) is 0 Å². The van der Waals surface area contributed by atoms with E-state index in [0.29, 0.717) is 23.8 Å². The summed E-state index contributed by atoms with van der Waals surface area (Å²) in [6.45, 7) is 5.94. The average Bonchev–Trinajstić information content (AvgIpc) is 3.22. The summed E-state index contributed by atoms with van der Waals surface area (Å²) in [6.07, 6.45) is 9.17. The molecule has 9 nitrogen and oxygen atoms in total. The number of hydrogen-bond donors (Lipinski definition) is 3. The van der Waals surface area contributed by atoms with Crippen molar-refractivity contribution in [1.82, 2.24) is 0 Å². The van der Waals surface area contributed by atoms with Gasteiger partial charge in [-0.2, -0.15) is 0 Å². The lowest BCUT2D eigenvalue weighted by Crippen LogP contribution is -2.58. The Morgan fingerprint density at radius 1 is 1.00 bits per heavy atom. The minimum atomic E-state index is -1.47. The highest BCUT2D eigenvalue weighted by molar-refractivity contribution is 6.01. The normalized spacial score (nSPS) is 35.2. The van der Waals surface area contributed by atoms with Crippen LogP contribution in [-0.4, -0.2) is 57.6 Å². The number of ketones is 2. The summed E-state index contributed by atoms with van der Waals surface area (Å²) < 4.78 is 0. The summed E-state index contributed by atoms with van der Waals surface area (Å²) in [7, 11) is 0. The molecular weight excluding hydrogens is 528 g/mol. The lowest BCUT2D eigenvalue weighted by molar-refractivity contribution is -0.292. The van der Waals surface area contributed by atoms with Crippen molar-refractivity contribution >= 4 is 23.5 Å². The smallest absolute Gasteiger partial charge is 0.335 e. The van der Waals surface area contributed by atoms with Crippen molar-refractivity contribution in [2.45, 2.75) is 64.9 Å². The van der Waals surface area contributed by atoms with Gasteiger partial charge < -0.3 is 15.3 Å². The summed E-state index contributed by atoms with van der Waals surface area (Å²) in [6, 6.07) is 8.30. The zero-order valence-corrected chi connectivity index (χ0v) is 23.9. The molecule has 0 heterocycles. The second-order valence-corrected chi connectivity index (χ2v) is 12.3. The van der Waals surface area contributed by atoms with E-state index in [9.17, 15) is 24.3 Å². The van der Waals surface area contributed by atoms with Crippen molar-refractivity contribution in [3.8, 4) is 0 Å². The Bertz CT molecular complexity index is 1240. The van der Waals surface area contributed by atoms with E-state index in [2.05, 4.69) is 19.9 Å². The minimum Gasteiger partial charge on any atom is -0.481 e. The first-order valence-electron chi connectivity index (χ1n) is 14.3. The summed E-state index contributed by atoms with van der Waals surface area (Å²) >= 11 is 0. The molecule has 7 atom stereocenters. The van der Waals surface area contributed by atoms with Crippen LogP contribution in [0.2, 0.25) is 0 Å². The number of aromatic carboxylic acids is 1. The van der Waals surface area contributed by atoms with E-state index in [4.69, 9.17) is 20.0 Å². The number of carboxylic acid groups (broad SMARTS) is 2. The fraction of sp³-hybridized carbons (Fsp3) is 0.562. The highest BCUT2D eigenvalue weighted by Crippen LogP contribution is 2.67. The van der Waals surface area contributed by atoms with Crippen LogP contribution in [-0.2, 0) is 24.2 Å². The van der Waals surface area contributed by atoms with Gasteiger partial charge in [0.2, 0.25) is 0 Å². The number of benzene rings is 1. The monoisotopic (exact) mass is 568 g/mol. The van der Waals surface area contributed by atoms with Crippen LogP contribution in [0, 0.1) is 34.5 Å². The largest absolute Gasteiger partial charge is 0.481 e. The van der Waals surface area contributed by atoms with E-state index in [1.165, 1.54) is 5.57 Å². The molecule has 3 fully saturated rings. The first kappa shape index (κ1) is 30.8. The van der Waals surface area contributed by atoms with Crippen LogP contribution in [0.4, 0.5) is 0 Å². The molecular formula is C32H40O9. The number of aliphatic hydroxyl groups is 1. The van der Waals surface area contributed by atoms with Crippen molar-refractivity contribution in [3.05, 3.63) is 59.7 Å². The zero-order chi connectivity index (χ0) is 30.0. The van der Waals surface area contributed by atoms with Crippen LogP contribution in [0.3, 0.4) is 0 Å². The molecule has 0 amide bonds. The summed E-state index contributed by atoms with van der Waals surface area (Å²) in [5, 5.41) is 28.6. The van der Waals surface area contributed by atoms with Crippen LogP contribution in [0.15, 0.2) is 54.1 Å². The highest BCUT2D eigenvalue weighted by atomic mass is 17.2. The van der Waals surface area contributed by atoms with Gasteiger partial charge in [-0.25, -0.2) is 14.6 Å². The maximum absolute atomic E-state index is 13.0. The van der Waals surface area contributed by atoms with E-state index in [0.717, 1.165) is 25.7 Å². The summed E-state index contributed by atoms with van der Waals surface area (Å²) in [5.74, 6) is -0.950. The molecule has 41 heavy (non-hydrogen) atoms. The van der Waals surface area contributed by atoms with Crippen LogP contribution in [0.25, 0.3) is 0 Å². The van der Waals surface area contributed by atoms with Gasteiger partial charge in [0.25, 0.3) is 0 Å². The maximum atomic E-state index is 13.0. The molecule has 5 rings (SSSR count). The number of rotatable bonds is 8. The number of fused-ring (bicyclic) bond motifs is 5. The van der Waals surface area contributed by atoms with E-state index in [1.54, 1.807) is 36.4 Å². The molecule has 4 aliphatic rings. The van der Waals surface area contributed by atoms with E-state index in [-0.39, 0.29) is 36.1 Å². The lowest BCUT2D eigenvalue weighted by atomic mass is 9.45. The Hall–Kier alpha value is -3.14. The molecule has 3 unspecified atom stereocenters. The van der Waals surface area contributed by atoms with Crippen molar-refractivity contribution < 1.29 is 44.3 Å². The highest BCUT2D eigenvalue weighted by Gasteiger charge is 2.66. The molecule has 1 aromatic rings. The second-order valence-electron chi connectivity index (χ2n) is 12.3. The van der Waals surface area contributed by atoms with Crippen molar-refractivity contribution in [3.63, 3.8) is 0 Å². The number of aliphatic carboxylic acids is 1. The predicted octanol–water partition coefficient (Wildman–Crippen LogP) is 4.65. The molecule has 0 aromatic heterocycles. The average molecular weight is 569 g/mol. The van der Waals surface area contributed by atoms with Gasteiger partial charge in [-0.1, -0.05) is 50.6 Å². The first-order chi connectivity index (χ1) is 19.3. The number of carbonyl (C=O) groups is 4. The fourth-order valence-corrected chi connectivity index (χ4v) is 8.07. The van der Waals surface area contributed by atoms with Crippen LogP contribution >= 0.6 is 0 Å². The van der Waals surface area contributed by atoms with E-state index < -0.39 is 35.3 Å². The molecule has 9 heteroatoms. The van der Waals surface area contributed by atoms with Crippen molar-refractivity contribution in [2.24, 2.45) is 34.5 Å². The van der Waals surface area contributed by atoms with Crippen LogP contribution in [0.1, 0.15) is 69.7 Å². The van der Waals surface area contributed by atoms with Gasteiger partial charge in [-0.05, 0) is 80.1 Å². The van der Waals surface area contributed by atoms with Gasteiger partial charge in [-0.15, -0.1) is 0 Å². The summed E-state index contributed by atoms with van der Waals surface area (Å²) in [5.41, 5.74) is -0.606. The van der Waals surface area contributed by atoms with Gasteiger partial charge in [0, 0.05) is 10.8 Å². The number of Topliss-reactive ketones (excluding diaryl/α,β-unsaturated/α-hetero) is 1. The number of carboxylic acids is 2. The molecule has 0 bridgehead atoms. The number of carbonyl (C=O) groups excluding carboxylic acids is 2. The van der Waals surface area contributed by atoms with Crippen LogP contribution in [0.5, 0.6) is 0 Å². The molecule has 3 saturated carbocycles. The van der Waals surface area contributed by atoms with E-state index >= 15 is 0 Å². The van der Waals surface area contributed by atoms with Gasteiger partial charge in [0.15, 0.2) is 11.6 Å². The molecule has 0 radical (unpaired) electrons. The zero-order valence-electron chi connectivity index (χ0n) is 23.9. The van der Waals surface area contributed by atoms with Gasteiger partial charge in [-0.3, -0.25) is 14.4 Å². The fourth-order valence-electron chi connectivity index (χ4n) is 8.07. The van der Waals surface area contributed by atoms with Crippen molar-refractivity contribution in [2.75, 3.05) is 13.2 Å². The Morgan fingerprint density at radius 3 is 2.32 bits per heavy atom. The maximum Gasteiger partial charge on any atom is 0.335 e. The lowest BCUT2D eigenvalue weighted by Gasteiger charge is -2.59. The first-order valence-corrected chi connectivity index (χ1v) is 14.3. The topological polar surface area (TPSA) is 147 Å². The standard InChI is InChI=1S/C25H34O7.C7H6O2/c1-15-12-17-18(23(2)8-4-16(26)13-20(15)23)5-9-24(3)19(17)6-10-25(24,30)21(27)14-32-31-11-7-22(28)29;8-7(9)6-4-2-1-3-5-6/h4,8,13,15,17-19,30H,5-7,9-12,14H2,1-3H3,(H,28,29);1-5H,(H,8,9)/t15-,17?,18?,19?,23+,24-,25-;/m0./s1. The molecule has 1 aromatic carbocycles. The Morgan fingerprint density at radius 2 is 1.68 bits per heavy atom. The number of hydrogen-bond acceptors (Lipinski definition) is 7. The van der Waals surface area contributed by atoms with E-state index in [1.807, 2.05) is 13.0 Å². The Labute approximate surface area is 240 Å². The molecule has 3 N–H and O–H groups in total. The van der Waals surface area contributed by atoms with Crippen LogP contribution < -0.4 is 0 Å². The molecule has 222 valence electrons. The Kier molecular flexibility index (Phi) is 9.01. The second kappa shape index (κ2) is 12.0. The van der Waals surface area contributed by atoms with Gasteiger partial charge in [0.1, 0.15) is 12.2 Å². The molecule has 0 saturated heterocycles. The number of allylic oxidation sites excluding steroid dienone is 4. The quantitative estimate of drug-likeness (QED) is 0.232. The SMILES string of the molecule is C[C@H]1CC2C(CC[C@@]3(C)C2CC[C@]3(O)C(=O)COOCCC(=O)O)[C@@]2(C)C=CC(=O)C=C12.O=C(O)c1ccccc1. The minimum absolute atomic E-state index is 0.0647. The van der Waals surface area contributed by atoms with Gasteiger partial charge in [0.05, 0.1) is 18.6 Å².